The Balaban J connectivity index is 3.38. The number of aromatic carboxylic acids is 1. The normalized spacial score (nSPS) is 12.3. The summed E-state index contributed by atoms with van der Waals surface area (Å²) in [7, 11) is -2.56. The molecule has 5 nitrogen and oxygen atoms in total. The first kappa shape index (κ1) is 15.8. The van der Waals surface area contributed by atoms with Crippen LogP contribution in [0.5, 0.6) is 5.75 Å². The highest BCUT2D eigenvalue weighted by Gasteiger charge is 2.22. The van der Waals surface area contributed by atoms with Crippen LogP contribution in [0.4, 0.5) is 0 Å². The molecule has 8 heteroatoms. The van der Waals surface area contributed by atoms with Crippen molar-refractivity contribution in [1.82, 2.24) is 0 Å². The Labute approximate surface area is 120 Å². The SMILES string of the molecule is COc1ccc(C(=O)O)cc1S(=O)(=O)CC(Cl)=CCl. The number of ether oxygens (including phenoxy) is 1. The van der Waals surface area contributed by atoms with E-state index in [4.69, 9.17) is 33.0 Å². The Morgan fingerprint density at radius 1 is 1.47 bits per heavy atom. The van der Waals surface area contributed by atoms with Crippen molar-refractivity contribution in [2.45, 2.75) is 4.90 Å². The van der Waals surface area contributed by atoms with Gasteiger partial charge in [-0.1, -0.05) is 23.2 Å². The highest BCUT2D eigenvalue weighted by Crippen LogP contribution is 2.27. The molecule has 0 atom stereocenters. The van der Waals surface area contributed by atoms with Gasteiger partial charge in [0.05, 0.1) is 18.4 Å². The monoisotopic (exact) mass is 324 g/mol. The van der Waals surface area contributed by atoms with Crippen LogP contribution in [0.1, 0.15) is 10.4 Å². The molecule has 0 saturated heterocycles. The molecular formula is C11H10Cl2O5S. The molecule has 0 aliphatic rings. The summed E-state index contributed by atoms with van der Waals surface area (Å²) in [5.41, 5.74) is 0.775. The summed E-state index contributed by atoms with van der Waals surface area (Å²) in [6.07, 6.45) is 0. The molecule has 1 aromatic rings. The van der Waals surface area contributed by atoms with Crippen LogP contribution in [0.2, 0.25) is 0 Å². The minimum Gasteiger partial charge on any atom is -0.495 e. The molecule has 1 aromatic carbocycles. The summed E-state index contributed by atoms with van der Waals surface area (Å²) in [4.78, 5) is 10.6. The average molecular weight is 325 g/mol. The number of benzene rings is 1. The zero-order valence-corrected chi connectivity index (χ0v) is 12.1. The maximum absolute atomic E-state index is 12.1. The Morgan fingerprint density at radius 3 is 2.58 bits per heavy atom. The lowest BCUT2D eigenvalue weighted by Gasteiger charge is -2.10. The predicted molar refractivity (Wildman–Crippen MR) is 71.8 cm³/mol. The van der Waals surface area contributed by atoms with Gasteiger partial charge in [-0.15, -0.1) is 0 Å². The number of carbonyl (C=O) groups is 1. The first-order valence-electron chi connectivity index (χ1n) is 4.90. The largest absolute Gasteiger partial charge is 0.495 e. The number of carboxylic acids is 1. The summed E-state index contributed by atoms with van der Waals surface area (Å²) >= 11 is 10.9. The lowest BCUT2D eigenvalue weighted by molar-refractivity contribution is 0.0696. The van der Waals surface area contributed by atoms with Crippen molar-refractivity contribution in [3.8, 4) is 5.75 Å². The molecule has 0 unspecified atom stereocenters. The average Bonchev–Trinajstić information content (AvgIpc) is 2.37. The van der Waals surface area contributed by atoms with Crippen LogP contribution in [0, 0.1) is 0 Å². The maximum atomic E-state index is 12.1. The van der Waals surface area contributed by atoms with Crippen LogP contribution < -0.4 is 4.74 Å². The van der Waals surface area contributed by atoms with Gasteiger partial charge in [-0.2, -0.15) is 0 Å². The first-order chi connectivity index (χ1) is 8.81. The second-order valence-electron chi connectivity index (χ2n) is 3.49. The van der Waals surface area contributed by atoms with E-state index >= 15 is 0 Å². The Hall–Kier alpha value is -1.24. The van der Waals surface area contributed by atoms with Gasteiger partial charge in [0, 0.05) is 10.6 Å². The molecule has 0 fully saturated rings. The van der Waals surface area contributed by atoms with Crippen molar-refractivity contribution >= 4 is 39.0 Å². The van der Waals surface area contributed by atoms with Gasteiger partial charge < -0.3 is 9.84 Å². The van der Waals surface area contributed by atoms with Gasteiger partial charge in [0.2, 0.25) is 0 Å². The molecule has 0 bridgehead atoms. The standard InChI is InChI=1S/C11H10Cl2O5S/c1-18-9-3-2-7(11(14)15)4-10(9)19(16,17)6-8(13)5-12/h2-5H,6H2,1H3,(H,14,15). The van der Waals surface area contributed by atoms with Crippen LogP contribution in [0.3, 0.4) is 0 Å². The summed E-state index contributed by atoms with van der Waals surface area (Å²) in [6, 6.07) is 3.54. The minimum absolute atomic E-state index is 0.0454. The third-order valence-electron chi connectivity index (χ3n) is 2.19. The Bertz CT molecular complexity index is 622. The number of carboxylic acid groups (broad SMARTS) is 1. The Morgan fingerprint density at radius 2 is 2.11 bits per heavy atom. The number of rotatable bonds is 5. The van der Waals surface area contributed by atoms with Crippen LogP contribution in [0.25, 0.3) is 0 Å². The molecule has 0 saturated carbocycles. The predicted octanol–water partition coefficient (Wildman–Crippen LogP) is 2.49. The lowest BCUT2D eigenvalue weighted by atomic mass is 10.2. The van der Waals surface area contributed by atoms with Gasteiger partial charge in [0.25, 0.3) is 0 Å². The number of sulfone groups is 1. The van der Waals surface area contributed by atoms with Crippen molar-refractivity contribution in [3.05, 3.63) is 34.3 Å². The molecule has 0 aromatic heterocycles. The van der Waals surface area contributed by atoms with Gasteiger partial charge in [-0.05, 0) is 18.2 Å². The molecule has 0 spiro atoms. The van der Waals surface area contributed by atoms with Crippen LogP contribution in [0.15, 0.2) is 33.7 Å². The zero-order valence-electron chi connectivity index (χ0n) is 9.76. The fraction of sp³-hybridized carbons (Fsp3) is 0.182. The topological polar surface area (TPSA) is 80.7 Å². The molecule has 0 radical (unpaired) electrons. The van der Waals surface area contributed by atoms with E-state index < -0.39 is 21.6 Å². The van der Waals surface area contributed by atoms with Crippen LogP contribution in [-0.2, 0) is 9.84 Å². The number of hydrogen-bond donors (Lipinski definition) is 1. The molecule has 19 heavy (non-hydrogen) atoms. The van der Waals surface area contributed by atoms with E-state index in [9.17, 15) is 13.2 Å². The van der Waals surface area contributed by atoms with E-state index in [0.29, 0.717) is 0 Å². The fourth-order valence-corrected chi connectivity index (χ4v) is 3.31. The van der Waals surface area contributed by atoms with Crippen molar-refractivity contribution < 1.29 is 23.1 Å². The first-order valence-corrected chi connectivity index (χ1v) is 7.37. The smallest absolute Gasteiger partial charge is 0.335 e. The van der Waals surface area contributed by atoms with Crippen molar-refractivity contribution in [2.75, 3.05) is 12.9 Å². The van der Waals surface area contributed by atoms with E-state index in [1.165, 1.54) is 19.2 Å². The zero-order chi connectivity index (χ0) is 14.6. The molecule has 0 aliphatic carbocycles. The van der Waals surface area contributed by atoms with Crippen LogP contribution >= 0.6 is 23.2 Å². The Kier molecular flexibility index (Phi) is 5.22. The van der Waals surface area contributed by atoms with E-state index in [1.807, 2.05) is 0 Å². The number of methoxy groups -OCH3 is 1. The van der Waals surface area contributed by atoms with Gasteiger partial charge in [0.15, 0.2) is 9.84 Å². The third-order valence-corrected chi connectivity index (χ3v) is 4.65. The number of hydrogen-bond acceptors (Lipinski definition) is 4. The molecular weight excluding hydrogens is 315 g/mol. The second kappa shape index (κ2) is 6.27. The maximum Gasteiger partial charge on any atom is 0.335 e. The summed E-state index contributed by atoms with van der Waals surface area (Å²) in [6.45, 7) is 0. The fourth-order valence-electron chi connectivity index (χ4n) is 1.34. The van der Waals surface area contributed by atoms with Crippen molar-refractivity contribution in [1.29, 1.82) is 0 Å². The summed E-state index contributed by atoms with van der Waals surface area (Å²) < 4.78 is 29.1. The lowest BCUT2D eigenvalue weighted by Crippen LogP contribution is -2.10. The van der Waals surface area contributed by atoms with Crippen molar-refractivity contribution in [2.24, 2.45) is 0 Å². The van der Waals surface area contributed by atoms with Crippen molar-refractivity contribution in [3.63, 3.8) is 0 Å². The summed E-state index contributed by atoms with van der Waals surface area (Å²) in [5, 5.41) is 8.79. The van der Waals surface area contributed by atoms with Crippen LogP contribution in [-0.4, -0.2) is 32.4 Å². The molecule has 0 heterocycles. The minimum atomic E-state index is -3.84. The van der Waals surface area contributed by atoms with E-state index in [0.717, 1.165) is 11.6 Å². The highest BCUT2D eigenvalue weighted by atomic mass is 35.5. The number of halogens is 2. The second-order valence-corrected chi connectivity index (χ2v) is 6.15. The van der Waals surface area contributed by atoms with Gasteiger partial charge in [-0.3, -0.25) is 0 Å². The van der Waals surface area contributed by atoms with Gasteiger partial charge in [0.1, 0.15) is 10.6 Å². The molecule has 0 amide bonds. The van der Waals surface area contributed by atoms with Gasteiger partial charge in [-0.25, -0.2) is 13.2 Å². The highest BCUT2D eigenvalue weighted by molar-refractivity contribution is 7.91. The molecule has 104 valence electrons. The van der Waals surface area contributed by atoms with Gasteiger partial charge >= 0.3 is 5.97 Å². The quantitative estimate of drug-likeness (QED) is 0.899. The van der Waals surface area contributed by atoms with E-state index in [2.05, 4.69) is 0 Å². The third kappa shape index (κ3) is 3.86. The molecule has 0 aliphatic heterocycles. The van der Waals surface area contributed by atoms with E-state index in [1.54, 1.807) is 0 Å². The summed E-state index contributed by atoms with van der Waals surface area (Å²) in [5.74, 6) is -1.72. The molecule has 1 N–H and O–H groups in total. The molecule has 1 rings (SSSR count). The van der Waals surface area contributed by atoms with E-state index in [-0.39, 0.29) is 21.2 Å².